The highest BCUT2D eigenvalue weighted by Gasteiger charge is 2.38. The number of alkyl halides is 3. The number of carbonyl (C=O) groups excluding carboxylic acids is 1. The van der Waals surface area contributed by atoms with Crippen LogP contribution in [0.25, 0.3) is 0 Å². The van der Waals surface area contributed by atoms with Gasteiger partial charge in [-0.15, -0.1) is 0 Å². The van der Waals surface area contributed by atoms with Crippen molar-refractivity contribution in [2.24, 2.45) is 11.7 Å². The van der Waals surface area contributed by atoms with E-state index in [1.807, 2.05) is 0 Å². The second-order valence-electron chi connectivity index (χ2n) is 6.31. The largest absolute Gasteiger partial charge is 0.490 e. The third-order valence-corrected chi connectivity index (χ3v) is 4.41. The lowest BCUT2D eigenvalue weighted by atomic mass is 9.84. The molecule has 0 unspecified atom stereocenters. The van der Waals surface area contributed by atoms with Crippen LogP contribution in [0.3, 0.4) is 0 Å². The van der Waals surface area contributed by atoms with Gasteiger partial charge in [-0.25, -0.2) is 9.18 Å². The number of carboxylic acids is 1. The van der Waals surface area contributed by atoms with Gasteiger partial charge >= 0.3 is 12.1 Å². The molecule has 0 aliphatic heterocycles. The van der Waals surface area contributed by atoms with Crippen LogP contribution in [0.1, 0.15) is 49.4 Å². The lowest BCUT2D eigenvalue weighted by Crippen LogP contribution is -2.27. The predicted molar refractivity (Wildman–Crippen MR) is 92.6 cm³/mol. The van der Waals surface area contributed by atoms with Crippen LogP contribution in [0.15, 0.2) is 6.07 Å². The number of halogens is 4. The first kappa shape index (κ1) is 23.4. The van der Waals surface area contributed by atoms with Crippen LogP contribution in [-0.2, 0) is 4.79 Å². The fraction of sp³-hybridized carbons (Fsp3) is 0.588. The summed E-state index contributed by atoms with van der Waals surface area (Å²) in [7, 11) is 1.38. The van der Waals surface area contributed by atoms with Gasteiger partial charge in [-0.3, -0.25) is 4.79 Å². The number of hydrogen-bond acceptors (Lipinski definition) is 5. The molecule has 1 amide bonds. The van der Waals surface area contributed by atoms with E-state index < -0.39 is 23.9 Å². The zero-order chi connectivity index (χ0) is 21.5. The van der Waals surface area contributed by atoms with Crippen molar-refractivity contribution < 1.29 is 37.0 Å². The summed E-state index contributed by atoms with van der Waals surface area (Å²) < 4.78 is 50.8. The second-order valence-corrected chi connectivity index (χ2v) is 6.31. The summed E-state index contributed by atoms with van der Waals surface area (Å²) in [5, 5.41) is 10.2. The maximum absolute atomic E-state index is 14.0. The van der Waals surface area contributed by atoms with E-state index in [9.17, 15) is 22.4 Å². The Labute approximate surface area is 159 Å². The summed E-state index contributed by atoms with van der Waals surface area (Å²) in [5.41, 5.74) is 5.13. The van der Waals surface area contributed by atoms with E-state index in [0.29, 0.717) is 0 Å². The van der Waals surface area contributed by atoms with E-state index in [1.165, 1.54) is 13.5 Å². The van der Waals surface area contributed by atoms with Crippen molar-refractivity contribution >= 4 is 17.7 Å². The first-order valence-corrected chi connectivity index (χ1v) is 8.60. The maximum Gasteiger partial charge on any atom is 0.490 e. The molecule has 1 aromatic heterocycles. The molecule has 1 aliphatic carbocycles. The average molecular weight is 409 g/mol. The number of ether oxygens (including phenoxy) is 1. The van der Waals surface area contributed by atoms with Gasteiger partial charge in [0.1, 0.15) is 5.56 Å². The summed E-state index contributed by atoms with van der Waals surface area (Å²) >= 11 is 0. The number of primary amides is 1. The van der Waals surface area contributed by atoms with Crippen LogP contribution in [-0.4, -0.2) is 41.3 Å². The Kier molecular flexibility index (Phi) is 8.45. The summed E-state index contributed by atoms with van der Waals surface area (Å²) in [6.07, 6.45) is 0.401. The minimum atomic E-state index is -5.08. The average Bonchev–Trinajstić information content (AvgIpc) is 2.63. The molecule has 0 bridgehead atoms. The highest BCUT2D eigenvalue weighted by Crippen LogP contribution is 2.29. The molecule has 1 saturated carbocycles. The van der Waals surface area contributed by atoms with Crippen LogP contribution in [0.5, 0.6) is 5.88 Å². The van der Waals surface area contributed by atoms with Crippen molar-refractivity contribution in [2.45, 2.75) is 51.2 Å². The summed E-state index contributed by atoms with van der Waals surface area (Å²) in [6.45, 7) is 2.20. The molecular weight excluding hydrogens is 386 g/mol. The van der Waals surface area contributed by atoms with Gasteiger partial charge in [-0.05, 0) is 37.7 Å². The van der Waals surface area contributed by atoms with Gasteiger partial charge in [0.2, 0.25) is 5.88 Å². The Morgan fingerprint density at radius 3 is 2.25 bits per heavy atom. The standard InChI is InChI=1S/C15H22FN3O2.C2HF3O2/c1-3-9-4-6-10(7-5-9)18-14-12(16)8-11(13(17)20)15(19-14)21-2;3-2(4,5)1(6)7/h8-10H,3-7H2,1-2H3,(H2,17,20)(H,18,19);(H,6,7). The zero-order valence-electron chi connectivity index (χ0n) is 15.5. The molecule has 7 nitrogen and oxygen atoms in total. The summed E-state index contributed by atoms with van der Waals surface area (Å²) in [6, 6.07) is 1.28. The number of anilines is 1. The minimum Gasteiger partial charge on any atom is -0.480 e. The number of pyridine rings is 1. The van der Waals surface area contributed by atoms with Crippen molar-refractivity contribution in [3.05, 3.63) is 17.4 Å². The van der Waals surface area contributed by atoms with Crippen LogP contribution in [0, 0.1) is 11.7 Å². The third kappa shape index (κ3) is 6.86. The molecule has 1 fully saturated rings. The van der Waals surface area contributed by atoms with Gasteiger partial charge in [-0.1, -0.05) is 13.3 Å². The van der Waals surface area contributed by atoms with Crippen LogP contribution >= 0.6 is 0 Å². The molecule has 0 aromatic carbocycles. The van der Waals surface area contributed by atoms with Gasteiger partial charge in [0.15, 0.2) is 11.6 Å². The molecule has 1 aromatic rings. The minimum absolute atomic E-state index is 0.0461. The number of nitrogens with zero attached hydrogens (tertiary/aromatic N) is 1. The molecule has 158 valence electrons. The number of carboxylic acid groups (broad SMARTS) is 1. The van der Waals surface area contributed by atoms with E-state index in [4.69, 9.17) is 20.4 Å². The molecule has 0 atom stereocenters. The molecule has 0 spiro atoms. The number of amides is 1. The Bertz CT molecular complexity index is 690. The SMILES string of the molecule is CCC1CCC(Nc2nc(OC)c(C(N)=O)cc2F)CC1.O=C(O)C(F)(F)F. The third-order valence-electron chi connectivity index (χ3n) is 4.41. The number of aliphatic carboxylic acids is 1. The molecule has 11 heteroatoms. The quantitative estimate of drug-likeness (QED) is 0.643. The van der Waals surface area contributed by atoms with Gasteiger partial charge in [0.25, 0.3) is 5.91 Å². The van der Waals surface area contributed by atoms with Crippen molar-refractivity contribution in [1.29, 1.82) is 0 Å². The number of hydrogen-bond donors (Lipinski definition) is 3. The number of nitrogens with one attached hydrogen (secondary N) is 1. The Morgan fingerprint density at radius 1 is 1.32 bits per heavy atom. The normalized spacial score (nSPS) is 19.2. The van der Waals surface area contributed by atoms with E-state index >= 15 is 0 Å². The highest BCUT2D eigenvalue weighted by atomic mass is 19.4. The van der Waals surface area contributed by atoms with Crippen molar-refractivity contribution in [1.82, 2.24) is 4.98 Å². The Morgan fingerprint density at radius 2 is 1.86 bits per heavy atom. The summed E-state index contributed by atoms with van der Waals surface area (Å²) in [4.78, 5) is 24.2. The smallest absolute Gasteiger partial charge is 0.480 e. The highest BCUT2D eigenvalue weighted by molar-refractivity contribution is 5.95. The lowest BCUT2D eigenvalue weighted by molar-refractivity contribution is -0.192. The Hall–Kier alpha value is -2.59. The van der Waals surface area contributed by atoms with Crippen LogP contribution in [0.2, 0.25) is 0 Å². The number of aromatic nitrogens is 1. The molecular formula is C17H23F4N3O4. The van der Waals surface area contributed by atoms with Gasteiger partial charge in [0, 0.05) is 6.04 Å². The van der Waals surface area contributed by atoms with E-state index in [-0.39, 0.29) is 23.3 Å². The van der Waals surface area contributed by atoms with Crippen LogP contribution in [0.4, 0.5) is 23.4 Å². The molecule has 1 aliphatic rings. The topological polar surface area (TPSA) is 115 Å². The molecule has 2 rings (SSSR count). The molecule has 0 saturated heterocycles. The molecule has 4 N–H and O–H groups in total. The monoisotopic (exact) mass is 409 g/mol. The number of methoxy groups -OCH3 is 1. The lowest BCUT2D eigenvalue weighted by Gasteiger charge is -2.29. The van der Waals surface area contributed by atoms with Gasteiger partial charge < -0.3 is 20.9 Å². The first-order valence-electron chi connectivity index (χ1n) is 8.60. The Balaban J connectivity index is 0.000000480. The van der Waals surface area contributed by atoms with E-state index in [2.05, 4.69) is 17.2 Å². The van der Waals surface area contributed by atoms with E-state index in [1.54, 1.807) is 0 Å². The molecule has 0 radical (unpaired) electrons. The fourth-order valence-corrected chi connectivity index (χ4v) is 2.81. The molecule has 28 heavy (non-hydrogen) atoms. The van der Waals surface area contributed by atoms with Crippen LogP contribution < -0.4 is 15.8 Å². The van der Waals surface area contributed by atoms with Crippen molar-refractivity contribution in [3.8, 4) is 5.88 Å². The van der Waals surface area contributed by atoms with E-state index in [0.717, 1.165) is 37.7 Å². The van der Waals surface area contributed by atoms with Crippen molar-refractivity contribution in [3.63, 3.8) is 0 Å². The van der Waals surface area contributed by atoms with Gasteiger partial charge in [-0.2, -0.15) is 18.2 Å². The number of nitrogens with two attached hydrogens (primary N) is 1. The molecule has 1 heterocycles. The number of carbonyl (C=O) groups is 2. The second kappa shape index (κ2) is 10.1. The maximum atomic E-state index is 14.0. The number of rotatable bonds is 5. The fourth-order valence-electron chi connectivity index (χ4n) is 2.81. The predicted octanol–water partition coefficient (Wildman–Crippen LogP) is 3.34. The van der Waals surface area contributed by atoms with Crippen molar-refractivity contribution in [2.75, 3.05) is 12.4 Å². The summed E-state index contributed by atoms with van der Waals surface area (Å²) in [5.74, 6) is -3.15. The first-order chi connectivity index (χ1) is 13.0. The van der Waals surface area contributed by atoms with Gasteiger partial charge in [0.05, 0.1) is 7.11 Å². The zero-order valence-corrected chi connectivity index (χ0v) is 15.5.